The summed E-state index contributed by atoms with van der Waals surface area (Å²) in [5.41, 5.74) is 5.52. The van der Waals surface area contributed by atoms with Crippen molar-refractivity contribution >= 4 is 22.0 Å². The summed E-state index contributed by atoms with van der Waals surface area (Å²) >= 11 is 1.68. The number of allylic oxidation sites excluding steroid dienone is 7. The molecule has 1 saturated carbocycles. The zero-order chi connectivity index (χ0) is 27.4. The summed E-state index contributed by atoms with van der Waals surface area (Å²) in [4.78, 5) is 1.26. The van der Waals surface area contributed by atoms with Crippen LogP contribution >= 0.6 is 11.3 Å². The summed E-state index contributed by atoms with van der Waals surface area (Å²) in [7, 11) is 1.72. The van der Waals surface area contributed by atoms with Crippen LogP contribution in [-0.2, 0) is 11.2 Å². The van der Waals surface area contributed by atoms with Crippen molar-refractivity contribution in [3.05, 3.63) is 88.3 Å². The Hall–Kier alpha value is -2.87. The summed E-state index contributed by atoms with van der Waals surface area (Å²) in [6, 6.07) is 3.09. The van der Waals surface area contributed by atoms with Gasteiger partial charge in [0.2, 0.25) is 0 Å². The van der Waals surface area contributed by atoms with Gasteiger partial charge in [0.1, 0.15) is 10.8 Å². The molecule has 3 heterocycles. The monoisotopic (exact) mass is 546 g/mol. The van der Waals surface area contributed by atoms with Gasteiger partial charge in [-0.1, -0.05) is 37.3 Å². The van der Waals surface area contributed by atoms with Gasteiger partial charge in [-0.15, -0.1) is 11.3 Å². The molecule has 208 valence electrons. The summed E-state index contributed by atoms with van der Waals surface area (Å²) in [6.45, 7) is 6.66. The van der Waals surface area contributed by atoms with E-state index in [1.54, 1.807) is 24.6 Å². The maximum absolute atomic E-state index is 10.7. The van der Waals surface area contributed by atoms with Gasteiger partial charge in [-0.3, -0.25) is 0 Å². The molecule has 0 radical (unpaired) electrons. The van der Waals surface area contributed by atoms with E-state index < -0.39 is 0 Å². The number of anilines is 1. The molecule has 0 spiro atoms. The lowest BCUT2D eigenvalue weighted by Gasteiger charge is -2.31. The van der Waals surface area contributed by atoms with Crippen molar-refractivity contribution < 1.29 is 9.84 Å². The number of aliphatic hydroxyl groups is 1. The van der Waals surface area contributed by atoms with Crippen LogP contribution in [0.1, 0.15) is 55.9 Å². The van der Waals surface area contributed by atoms with Gasteiger partial charge < -0.3 is 31.2 Å². The fourth-order valence-corrected chi connectivity index (χ4v) is 7.23. The quantitative estimate of drug-likeness (QED) is 0.174. The van der Waals surface area contributed by atoms with Crippen molar-refractivity contribution in [1.29, 1.82) is 5.41 Å². The lowest BCUT2D eigenvalue weighted by atomic mass is 9.77. The van der Waals surface area contributed by atoms with Crippen LogP contribution in [0.25, 0.3) is 0 Å². The topological polar surface area (TPSA) is 99.3 Å². The summed E-state index contributed by atoms with van der Waals surface area (Å²) in [6.07, 6.45) is 21.2. The Morgan fingerprint density at radius 1 is 1.28 bits per heavy atom. The summed E-state index contributed by atoms with van der Waals surface area (Å²) in [5, 5.41) is 30.5. The highest BCUT2D eigenvalue weighted by Crippen LogP contribution is 2.40. The number of aliphatic hydroxyl groups excluding tert-OH is 1. The second kappa shape index (κ2) is 12.5. The van der Waals surface area contributed by atoms with E-state index in [-0.39, 0.29) is 6.10 Å². The minimum Gasteiger partial charge on any atom is -0.499 e. The standard InChI is InChI=1S/C32H42N4O2S/c1-4-27-17-28(32(39-27)35-5-2)29(33)11-8-21-12-23(15-25(37)13-21)31-30(36-31)14-20-6-9-22(10-7-20)24-16-26(38-3)19-34-18-24/h5-6,8-9,11,16-18,21,23,25,30-31,33-37H,2,4,7,10,12-15,19H2,1,3H3/b11-8+,33-29?. The van der Waals surface area contributed by atoms with Crippen molar-refractivity contribution in [2.45, 2.75) is 70.1 Å². The molecular weight excluding hydrogens is 504 g/mol. The number of ether oxygens (including phenoxy) is 1. The molecule has 1 saturated heterocycles. The molecule has 2 fully saturated rings. The predicted molar refractivity (Wildman–Crippen MR) is 162 cm³/mol. The first kappa shape index (κ1) is 27.7. The molecular formula is C32H42N4O2S. The highest BCUT2D eigenvalue weighted by molar-refractivity contribution is 7.16. The maximum atomic E-state index is 10.7. The molecule has 4 aliphatic rings. The lowest BCUT2D eigenvalue weighted by molar-refractivity contribution is 0.0811. The Labute approximate surface area is 236 Å². The number of aryl methyl sites for hydroxylation is 1. The van der Waals surface area contributed by atoms with Gasteiger partial charge in [-0.25, -0.2) is 0 Å². The molecule has 1 aromatic rings. The average molecular weight is 547 g/mol. The number of thiophene rings is 1. The Morgan fingerprint density at radius 2 is 2.15 bits per heavy atom. The van der Waals surface area contributed by atoms with E-state index in [1.165, 1.54) is 21.6 Å². The minimum atomic E-state index is -0.275. The zero-order valence-electron chi connectivity index (χ0n) is 23.1. The highest BCUT2D eigenvalue weighted by atomic mass is 32.1. The first-order valence-electron chi connectivity index (χ1n) is 14.3. The van der Waals surface area contributed by atoms with Crippen LogP contribution in [0.2, 0.25) is 0 Å². The van der Waals surface area contributed by atoms with E-state index >= 15 is 0 Å². The third kappa shape index (κ3) is 6.83. The third-order valence-corrected chi connectivity index (χ3v) is 9.60. The van der Waals surface area contributed by atoms with Crippen molar-refractivity contribution in [2.24, 2.45) is 11.8 Å². The normalized spacial score (nSPS) is 28.5. The Bertz CT molecular complexity index is 1240. The fraction of sp³-hybridized carbons (Fsp3) is 0.469. The smallest absolute Gasteiger partial charge is 0.115 e. The lowest BCUT2D eigenvalue weighted by Crippen LogP contribution is -2.29. The van der Waals surface area contributed by atoms with Gasteiger partial charge in [-0.2, -0.15) is 0 Å². The van der Waals surface area contributed by atoms with E-state index in [9.17, 15) is 5.11 Å². The van der Waals surface area contributed by atoms with E-state index in [4.69, 9.17) is 10.1 Å². The van der Waals surface area contributed by atoms with Crippen LogP contribution in [0.3, 0.4) is 0 Å². The largest absolute Gasteiger partial charge is 0.499 e. The molecule has 7 heteroatoms. The van der Waals surface area contributed by atoms with Crippen LogP contribution in [0, 0.1) is 17.2 Å². The van der Waals surface area contributed by atoms with Crippen LogP contribution in [0.5, 0.6) is 0 Å². The summed E-state index contributed by atoms with van der Waals surface area (Å²) in [5.74, 6) is 1.74. The van der Waals surface area contributed by atoms with E-state index in [2.05, 4.69) is 66.0 Å². The first-order valence-corrected chi connectivity index (χ1v) is 15.1. The molecule has 6 nitrogen and oxygen atoms in total. The molecule has 5 N–H and O–H groups in total. The van der Waals surface area contributed by atoms with Crippen LogP contribution < -0.4 is 16.0 Å². The van der Waals surface area contributed by atoms with Crippen molar-refractivity contribution in [2.75, 3.05) is 19.0 Å². The molecule has 5 rings (SSSR count). The second-order valence-corrected chi connectivity index (χ2v) is 12.3. The van der Waals surface area contributed by atoms with Gasteiger partial charge in [0.05, 0.1) is 25.5 Å². The molecule has 2 aliphatic carbocycles. The van der Waals surface area contributed by atoms with E-state index in [1.807, 2.05) is 6.08 Å². The predicted octanol–water partition coefficient (Wildman–Crippen LogP) is 5.96. The van der Waals surface area contributed by atoms with Gasteiger partial charge >= 0.3 is 0 Å². The molecule has 5 unspecified atom stereocenters. The van der Waals surface area contributed by atoms with Crippen molar-refractivity contribution in [3.8, 4) is 0 Å². The Balaban J connectivity index is 1.15. The van der Waals surface area contributed by atoms with Crippen LogP contribution in [0.4, 0.5) is 5.00 Å². The number of rotatable bonds is 11. The number of hydrogen-bond acceptors (Lipinski definition) is 7. The minimum absolute atomic E-state index is 0.275. The number of nitrogens with one attached hydrogen (secondary N) is 4. The van der Waals surface area contributed by atoms with Crippen molar-refractivity contribution in [3.63, 3.8) is 0 Å². The third-order valence-electron chi connectivity index (χ3n) is 8.38. The number of hydrogen-bond donors (Lipinski definition) is 5. The Morgan fingerprint density at radius 3 is 2.90 bits per heavy atom. The second-order valence-electron chi connectivity index (χ2n) is 11.1. The van der Waals surface area contributed by atoms with Gasteiger partial charge in [-0.05, 0) is 92.3 Å². The SMILES string of the molecule is C=CNc1sc(CC)cc1C(=N)/C=C/C1CC(O)CC(C2NC2CC2=CC=C(C3=CNCC(OC)=C3)CC2)C1. The zero-order valence-corrected chi connectivity index (χ0v) is 23.9. The van der Waals surface area contributed by atoms with E-state index in [0.29, 0.717) is 29.6 Å². The highest BCUT2D eigenvalue weighted by Gasteiger charge is 2.45. The Kier molecular flexibility index (Phi) is 8.90. The van der Waals surface area contributed by atoms with Crippen molar-refractivity contribution in [1.82, 2.24) is 10.6 Å². The van der Waals surface area contributed by atoms with Gasteiger partial charge in [0.15, 0.2) is 0 Å². The van der Waals surface area contributed by atoms with Crippen LogP contribution in [-0.4, -0.2) is 42.7 Å². The molecule has 0 aromatic carbocycles. The van der Waals surface area contributed by atoms with Gasteiger partial charge in [0, 0.05) is 28.7 Å². The summed E-state index contributed by atoms with van der Waals surface area (Å²) < 4.78 is 5.41. The number of dihydropyridines is 1. The number of methoxy groups -OCH3 is 1. The molecule has 0 bridgehead atoms. The first-order chi connectivity index (χ1) is 19.0. The maximum Gasteiger partial charge on any atom is 0.115 e. The van der Waals surface area contributed by atoms with Gasteiger partial charge in [0.25, 0.3) is 0 Å². The molecule has 39 heavy (non-hydrogen) atoms. The average Bonchev–Trinajstić information content (AvgIpc) is 3.60. The molecule has 1 aromatic heterocycles. The van der Waals surface area contributed by atoms with E-state index in [0.717, 1.165) is 67.8 Å². The molecule has 5 atom stereocenters. The molecule has 0 amide bonds. The fourth-order valence-electron chi connectivity index (χ4n) is 6.23. The molecule has 2 aliphatic heterocycles. The van der Waals surface area contributed by atoms with Crippen LogP contribution in [0.15, 0.2) is 77.9 Å².